The second-order valence-electron chi connectivity index (χ2n) is 9.05. The molecule has 1 aliphatic heterocycles. The molecule has 1 aliphatic rings. The molecule has 2 aromatic carbocycles. The molecule has 1 fully saturated rings. The quantitative estimate of drug-likeness (QED) is 0.296. The molecule has 0 aromatic heterocycles. The van der Waals surface area contributed by atoms with Crippen LogP contribution in [-0.2, 0) is 11.2 Å². The number of nitrogens with zero attached hydrogens (tertiary/aromatic N) is 2. The van der Waals surface area contributed by atoms with Crippen LogP contribution in [0.15, 0.2) is 73.0 Å². The summed E-state index contributed by atoms with van der Waals surface area (Å²) >= 11 is 0. The van der Waals surface area contributed by atoms with Gasteiger partial charge >= 0.3 is 0 Å². The number of ether oxygens (including phenoxy) is 1. The third kappa shape index (κ3) is 7.57. The van der Waals surface area contributed by atoms with Gasteiger partial charge in [0.25, 0.3) is 5.91 Å². The lowest BCUT2D eigenvalue weighted by molar-refractivity contribution is -0.110. The predicted molar refractivity (Wildman–Crippen MR) is 155 cm³/mol. The van der Waals surface area contributed by atoms with Crippen molar-refractivity contribution < 1.29 is 9.53 Å². The van der Waals surface area contributed by atoms with E-state index in [0.29, 0.717) is 12.1 Å². The third-order valence-electron chi connectivity index (χ3n) is 6.49. The number of benzene rings is 2. The van der Waals surface area contributed by atoms with Crippen molar-refractivity contribution in [3.63, 3.8) is 0 Å². The highest BCUT2D eigenvalue weighted by molar-refractivity contribution is 6.46. The number of methoxy groups -OCH3 is 1. The van der Waals surface area contributed by atoms with Crippen molar-refractivity contribution in [1.82, 2.24) is 10.2 Å². The van der Waals surface area contributed by atoms with E-state index in [2.05, 4.69) is 47.1 Å². The second-order valence-corrected chi connectivity index (χ2v) is 9.05. The fourth-order valence-electron chi connectivity index (χ4n) is 4.21. The van der Waals surface area contributed by atoms with Crippen LogP contribution in [0, 0.1) is 5.41 Å². The number of rotatable bonds is 11. The van der Waals surface area contributed by atoms with E-state index in [1.807, 2.05) is 49.4 Å². The molecular weight excluding hydrogens is 462 g/mol. The van der Waals surface area contributed by atoms with Gasteiger partial charge in [-0.3, -0.25) is 10.2 Å². The normalized spacial score (nSPS) is 14.8. The first-order valence-corrected chi connectivity index (χ1v) is 12.8. The summed E-state index contributed by atoms with van der Waals surface area (Å²) in [5.41, 5.74) is 5.38. The molecule has 0 aliphatic carbocycles. The maximum Gasteiger partial charge on any atom is 0.273 e. The summed E-state index contributed by atoms with van der Waals surface area (Å²) in [7, 11) is 3.81. The first-order valence-electron chi connectivity index (χ1n) is 12.8. The summed E-state index contributed by atoms with van der Waals surface area (Å²) in [5, 5.41) is 14.6. The Morgan fingerprint density at radius 2 is 1.81 bits per heavy atom. The highest BCUT2D eigenvalue weighted by Crippen LogP contribution is 2.25. The predicted octanol–water partition coefficient (Wildman–Crippen LogP) is 5.08. The number of likely N-dealkylation sites (N-methyl/N-ethyl adjacent to an activating group) is 1. The van der Waals surface area contributed by atoms with Crippen molar-refractivity contribution >= 4 is 28.7 Å². The minimum absolute atomic E-state index is 0.116. The lowest BCUT2D eigenvalue weighted by Gasteiger charge is -2.34. The van der Waals surface area contributed by atoms with Crippen molar-refractivity contribution in [3.8, 4) is 5.75 Å². The number of carbonyl (C=O) groups excluding carboxylic acids is 1. The van der Waals surface area contributed by atoms with Crippen molar-refractivity contribution in [1.29, 1.82) is 5.41 Å². The van der Waals surface area contributed by atoms with E-state index >= 15 is 0 Å². The van der Waals surface area contributed by atoms with Crippen LogP contribution in [0.25, 0.3) is 5.70 Å². The molecule has 37 heavy (non-hydrogen) atoms. The van der Waals surface area contributed by atoms with E-state index in [-0.39, 0.29) is 5.71 Å². The van der Waals surface area contributed by atoms with Gasteiger partial charge in [0.15, 0.2) is 0 Å². The van der Waals surface area contributed by atoms with Crippen LogP contribution in [-0.4, -0.2) is 56.9 Å². The van der Waals surface area contributed by atoms with Crippen LogP contribution in [0.5, 0.6) is 5.75 Å². The van der Waals surface area contributed by atoms with Gasteiger partial charge in [-0.25, -0.2) is 0 Å². The number of hydrogen-bond donors (Lipinski definition) is 3. The monoisotopic (exact) mass is 501 g/mol. The van der Waals surface area contributed by atoms with Crippen LogP contribution in [0.2, 0.25) is 0 Å². The largest absolute Gasteiger partial charge is 0.496 e. The molecule has 0 atom stereocenters. The number of carbonyl (C=O) groups is 1. The number of piperazine rings is 1. The third-order valence-corrected chi connectivity index (χ3v) is 6.49. The van der Waals surface area contributed by atoms with Crippen molar-refractivity contribution in [2.24, 2.45) is 0 Å². The standard InChI is InChI=1S/C30H39N5O2/c1-6-9-28(23-10-15-29(37-5)22(7-2)20-23)32-24(8-3)21-27(31)30(36)33-25-11-13-26(14-12-25)35-18-16-34(4)17-19-35/h6,9-15,20-21,31-32H,1,7-8,16-19H2,2-5H3,(H,33,36)/b24-21-,28-9-,31-27?. The molecule has 1 saturated heterocycles. The van der Waals surface area contributed by atoms with Crippen molar-refractivity contribution in [2.45, 2.75) is 26.7 Å². The number of nitrogens with one attached hydrogen (secondary N) is 3. The Hall–Kier alpha value is -3.84. The highest BCUT2D eigenvalue weighted by atomic mass is 16.5. The highest BCUT2D eigenvalue weighted by Gasteiger charge is 2.15. The molecule has 2 aromatic rings. The van der Waals surface area contributed by atoms with Gasteiger partial charge in [-0.05, 0) is 85.6 Å². The van der Waals surface area contributed by atoms with Gasteiger partial charge in [-0.2, -0.15) is 0 Å². The zero-order valence-corrected chi connectivity index (χ0v) is 22.4. The van der Waals surface area contributed by atoms with Crippen molar-refractivity contribution in [2.75, 3.05) is 50.6 Å². The lowest BCUT2D eigenvalue weighted by atomic mass is 10.0. The average molecular weight is 502 g/mol. The molecule has 0 unspecified atom stereocenters. The average Bonchev–Trinajstić information content (AvgIpc) is 2.92. The molecule has 0 bridgehead atoms. The zero-order chi connectivity index (χ0) is 26.8. The minimum Gasteiger partial charge on any atom is -0.496 e. The Balaban J connectivity index is 1.67. The number of allylic oxidation sites excluding steroid dienone is 3. The Morgan fingerprint density at radius 1 is 1.11 bits per heavy atom. The van der Waals surface area contributed by atoms with Crippen LogP contribution >= 0.6 is 0 Å². The molecule has 1 amide bonds. The maximum absolute atomic E-state index is 12.8. The first-order chi connectivity index (χ1) is 17.9. The fraction of sp³-hybridized carbons (Fsp3) is 0.333. The topological polar surface area (TPSA) is 80.7 Å². The molecule has 196 valence electrons. The van der Waals surface area contributed by atoms with E-state index in [9.17, 15) is 4.79 Å². The molecular formula is C30H39N5O2. The minimum atomic E-state index is -0.452. The first kappa shape index (κ1) is 27.7. The van der Waals surface area contributed by atoms with Crippen LogP contribution in [0.1, 0.15) is 31.4 Å². The van der Waals surface area contributed by atoms with E-state index in [0.717, 1.165) is 66.6 Å². The van der Waals surface area contributed by atoms with Crippen molar-refractivity contribution in [3.05, 3.63) is 84.1 Å². The maximum atomic E-state index is 12.8. The summed E-state index contributed by atoms with van der Waals surface area (Å²) in [4.78, 5) is 17.4. The Bertz CT molecular complexity index is 1160. The molecule has 0 radical (unpaired) electrons. The number of amides is 1. The van der Waals surface area contributed by atoms with Gasteiger partial charge < -0.3 is 25.2 Å². The zero-order valence-electron chi connectivity index (χ0n) is 22.4. The van der Waals surface area contributed by atoms with Gasteiger partial charge in [0.05, 0.1) is 7.11 Å². The Labute approximate surface area is 221 Å². The summed E-state index contributed by atoms with van der Waals surface area (Å²) in [6.07, 6.45) is 6.65. The lowest BCUT2D eigenvalue weighted by Crippen LogP contribution is -2.44. The molecule has 3 rings (SSSR count). The Kier molecular flexibility index (Phi) is 10.1. The van der Waals surface area contributed by atoms with Gasteiger partial charge in [0, 0.05) is 48.9 Å². The van der Waals surface area contributed by atoms with Gasteiger partial charge in [-0.15, -0.1) is 0 Å². The van der Waals surface area contributed by atoms with E-state index < -0.39 is 5.91 Å². The van der Waals surface area contributed by atoms with Crippen LogP contribution in [0.4, 0.5) is 11.4 Å². The number of hydrogen-bond acceptors (Lipinski definition) is 6. The molecule has 1 heterocycles. The smallest absolute Gasteiger partial charge is 0.273 e. The van der Waals surface area contributed by atoms with Crippen LogP contribution in [0.3, 0.4) is 0 Å². The summed E-state index contributed by atoms with van der Waals surface area (Å²) < 4.78 is 5.45. The van der Waals surface area contributed by atoms with E-state index in [1.165, 1.54) is 0 Å². The van der Waals surface area contributed by atoms with Gasteiger partial charge in [-0.1, -0.05) is 26.5 Å². The molecule has 0 saturated carbocycles. The van der Waals surface area contributed by atoms with E-state index in [1.54, 1.807) is 19.3 Å². The summed E-state index contributed by atoms with van der Waals surface area (Å²) in [6, 6.07) is 13.8. The number of anilines is 2. The van der Waals surface area contributed by atoms with Crippen LogP contribution < -0.4 is 20.3 Å². The summed E-state index contributed by atoms with van der Waals surface area (Å²) in [6.45, 7) is 12.0. The molecule has 0 spiro atoms. The summed E-state index contributed by atoms with van der Waals surface area (Å²) in [5.74, 6) is 0.400. The van der Waals surface area contributed by atoms with E-state index in [4.69, 9.17) is 10.1 Å². The second kappa shape index (κ2) is 13.5. The molecule has 7 nitrogen and oxygen atoms in total. The fourth-order valence-corrected chi connectivity index (χ4v) is 4.21. The van der Waals surface area contributed by atoms with Gasteiger partial charge in [0.2, 0.25) is 0 Å². The number of aryl methyl sites for hydroxylation is 1. The van der Waals surface area contributed by atoms with Gasteiger partial charge in [0.1, 0.15) is 11.5 Å². The molecule has 3 N–H and O–H groups in total. The Morgan fingerprint density at radius 3 is 2.41 bits per heavy atom. The molecule has 7 heteroatoms. The SMILES string of the molecule is C=C/C=C(\N/C(=C\C(=N)C(=O)Nc1ccc(N2CCN(C)CC2)cc1)CC)c1ccc(OC)c(CC)c1.